The summed E-state index contributed by atoms with van der Waals surface area (Å²) in [5.41, 5.74) is 3.05. The number of halogens is 2. The number of phenolic OH excluding ortho intramolecular Hbond substituents is 1. The maximum Gasteiger partial charge on any atom is 0.260 e. The van der Waals surface area contributed by atoms with Crippen LogP contribution in [0.5, 0.6) is 11.5 Å². The van der Waals surface area contributed by atoms with Crippen molar-refractivity contribution in [3.05, 3.63) is 123 Å². The first-order chi connectivity index (χ1) is 24.1. The number of imide groups is 2. The van der Waals surface area contributed by atoms with Crippen LogP contribution in [0.3, 0.4) is 0 Å². The van der Waals surface area contributed by atoms with Gasteiger partial charge in [-0.25, -0.2) is 4.39 Å². The Morgan fingerprint density at radius 1 is 0.960 bits per heavy atom. The smallest absolute Gasteiger partial charge is 0.260 e. The number of nitrogens with one attached hydrogen (secondary N) is 1. The zero-order valence-electron chi connectivity index (χ0n) is 26.7. The zero-order valence-corrected chi connectivity index (χ0v) is 28.3. The number of nitrogens with zero attached hydrogens (tertiary/aromatic N) is 2. The lowest BCUT2D eigenvalue weighted by atomic mass is 9.49. The number of phenols is 1. The molecule has 2 N–H and O–H groups in total. The summed E-state index contributed by atoms with van der Waals surface area (Å²) in [7, 11) is 1.46. The van der Waals surface area contributed by atoms with Gasteiger partial charge < -0.3 is 9.84 Å². The van der Waals surface area contributed by atoms with Crippen LogP contribution in [0, 0.1) is 29.5 Å². The Morgan fingerprint density at radius 2 is 1.72 bits per heavy atom. The molecule has 2 aliphatic carbocycles. The molecule has 2 aliphatic heterocycles. The molecule has 254 valence electrons. The first-order valence-electron chi connectivity index (χ1n) is 16.2. The highest BCUT2D eigenvalue weighted by atomic mass is 35.5. The summed E-state index contributed by atoms with van der Waals surface area (Å²) in [5, 5.41) is 14.9. The molecule has 3 fully saturated rings. The highest BCUT2D eigenvalue weighted by Gasteiger charge is 2.71. The number of amides is 4. The van der Waals surface area contributed by atoms with Crippen LogP contribution < -0.4 is 10.2 Å². The van der Waals surface area contributed by atoms with Crippen LogP contribution >= 0.6 is 22.9 Å². The lowest BCUT2D eigenvalue weighted by molar-refractivity contribution is -0.141. The maximum atomic E-state index is 15.2. The molecule has 0 spiro atoms. The number of carbonyl (C=O) groups is 4. The number of hydrogen-bond acceptors (Lipinski definition) is 8. The van der Waals surface area contributed by atoms with Gasteiger partial charge in [-0.1, -0.05) is 47.5 Å². The van der Waals surface area contributed by atoms with Gasteiger partial charge in [-0.3, -0.25) is 29.5 Å². The van der Waals surface area contributed by atoms with Gasteiger partial charge in [-0.15, -0.1) is 11.3 Å². The van der Waals surface area contributed by atoms with E-state index < -0.39 is 52.6 Å². The molecule has 1 saturated carbocycles. The van der Waals surface area contributed by atoms with E-state index in [0.717, 1.165) is 9.89 Å². The third-order valence-electron chi connectivity index (χ3n) is 10.8. The molecule has 6 unspecified atom stereocenters. The molecule has 3 heterocycles. The molecular formula is C38H31ClFN3O6S. The average Bonchev–Trinajstić information content (AvgIpc) is 3.78. The fourth-order valence-corrected chi connectivity index (χ4v) is 9.57. The molecule has 1 aromatic heterocycles. The fourth-order valence-electron chi connectivity index (χ4n) is 8.75. The summed E-state index contributed by atoms with van der Waals surface area (Å²) < 4.78 is 19.7. The predicted octanol–water partition coefficient (Wildman–Crippen LogP) is 6.44. The van der Waals surface area contributed by atoms with Gasteiger partial charge in [0, 0.05) is 21.4 Å². The van der Waals surface area contributed by atoms with Crippen molar-refractivity contribution in [2.75, 3.05) is 12.5 Å². The van der Waals surface area contributed by atoms with Crippen LogP contribution in [0.15, 0.2) is 95.9 Å². The number of allylic oxidation sites excluding steroid dienone is 2. The number of likely N-dealkylation sites (tertiary alicyclic amines) is 1. The number of ether oxygens (including phenoxy) is 1. The number of hydrogen-bond donors (Lipinski definition) is 2. The summed E-state index contributed by atoms with van der Waals surface area (Å²) in [6.07, 6.45) is 2.25. The third kappa shape index (κ3) is 4.70. The Labute approximate surface area is 295 Å². The summed E-state index contributed by atoms with van der Waals surface area (Å²) in [5.74, 6) is -6.11. The molecule has 8 rings (SSSR count). The summed E-state index contributed by atoms with van der Waals surface area (Å²) in [4.78, 5) is 60.3. The van der Waals surface area contributed by atoms with E-state index in [-0.39, 0.29) is 37.0 Å². The quantitative estimate of drug-likeness (QED) is 0.168. The van der Waals surface area contributed by atoms with Crippen molar-refractivity contribution < 1.29 is 33.4 Å². The predicted molar refractivity (Wildman–Crippen MR) is 184 cm³/mol. The van der Waals surface area contributed by atoms with Gasteiger partial charge in [0.05, 0.1) is 42.5 Å². The first kappa shape index (κ1) is 32.2. The number of fused-ring (bicyclic) bond motifs is 4. The van der Waals surface area contributed by atoms with Crippen molar-refractivity contribution in [1.29, 1.82) is 0 Å². The SMILES string of the molecule is COc1cccc(O)c1C1C2=CCC3C(=O)N(Cc4cccs4)C(=O)C3C2CC2C(=O)N(Nc3ccc(F)cc3)C(=O)C21c1ccc(Cl)cc1. The summed E-state index contributed by atoms with van der Waals surface area (Å²) >= 11 is 7.81. The Kier molecular flexibility index (Phi) is 7.80. The second-order valence-corrected chi connectivity index (χ2v) is 14.6. The topological polar surface area (TPSA) is 116 Å². The molecule has 0 bridgehead atoms. The standard InChI is InChI=1S/C38H31ClFN3O6S/c1-49-30-6-2-5-29(44)32(30)33-25-15-16-26-31(36(47)42(34(26)45)19-24-4-3-17-50-24)27(25)18-28-35(46)43(41-23-13-11-22(40)12-14-23)37(48)38(28,33)20-7-9-21(39)10-8-20/h2-15,17,26-28,31,33,41,44H,16,18-19H2,1H3. The van der Waals surface area contributed by atoms with E-state index in [1.807, 2.05) is 23.6 Å². The number of carbonyl (C=O) groups excluding carboxylic acids is 4. The monoisotopic (exact) mass is 711 g/mol. The summed E-state index contributed by atoms with van der Waals surface area (Å²) in [6.45, 7) is 0.159. The Bertz CT molecular complexity index is 2070. The van der Waals surface area contributed by atoms with Crippen LogP contribution in [0.1, 0.15) is 34.8 Å². The summed E-state index contributed by atoms with van der Waals surface area (Å²) in [6, 6.07) is 20.6. The van der Waals surface area contributed by atoms with Crippen molar-refractivity contribution in [2.45, 2.75) is 30.7 Å². The molecule has 4 amide bonds. The highest BCUT2D eigenvalue weighted by molar-refractivity contribution is 7.09. The van der Waals surface area contributed by atoms with Crippen molar-refractivity contribution in [3.63, 3.8) is 0 Å². The average molecular weight is 712 g/mol. The van der Waals surface area contributed by atoms with E-state index in [9.17, 15) is 23.9 Å². The second-order valence-electron chi connectivity index (χ2n) is 13.1. The molecule has 12 heteroatoms. The van der Waals surface area contributed by atoms with E-state index >= 15 is 4.79 Å². The van der Waals surface area contributed by atoms with E-state index in [4.69, 9.17) is 16.3 Å². The Balaban J connectivity index is 1.34. The van der Waals surface area contributed by atoms with E-state index in [1.165, 1.54) is 53.7 Å². The Hall–Kier alpha value is -5.00. The Morgan fingerprint density at radius 3 is 2.42 bits per heavy atom. The molecule has 9 nitrogen and oxygen atoms in total. The third-order valence-corrected chi connectivity index (χ3v) is 11.9. The van der Waals surface area contributed by atoms with Gasteiger partial charge in [0.2, 0.25) is 11.8 Å². The lowest BCUT2D eigenvalue weighted by Gasteiger charge is -2.50. The van der Waals surface area contributed by atoms with E-state index in [1.54, 1.807) is 36.4 Å². The number of thiophene rings is 1. The van der Waals surface area contributed by atoms with Gasteiger partial charge in [-0.05, 0) is 84.3 Å². The van der Waals surface area contributed by atoms with E-state index in [2.05, 4.69) is 5.43 Å². The largest absolute Gasteiger partial charge is 0.508 e. The van der Waals surface area contributed by atoms with Gasteiger partial charge >= 0.3 is 0 Å². The van der Waals surface area contributed by atoms with Crippen LogP contribution in [-0.2, 0) is 31.1 Å². The van der Waals surface area contributed by atoms with Crippen LogP contribution in [0.25, 0.3) is 0 Å². The number of anilines is 1. The van der Waals surface area contributed by atoms with E-state index in [0.29, 0.717) is 33.2 Å². The second kappa shape index (κ2) is 12.1. The van der Waals surface area contributed by atoms with Crippen molar-refractivity contribution in [1.82, 2.24) is 9.91 Å². The minimum Gasteiger partial charge on any atom is -0.508 e. The molecule has 6 atom stereocenters. The number of hydrazine groups is 1. The fraction of sp³-hybridized carbons (Fsp3) is 0.263. The van der Waals surface area contributed by atoms with Gasteiger partial charge in [0.25, 0.3) is 11.8 Å². The van der Waals surface area contributed by atoms with Gasteiger partial charge in [0.15, 0.2) is 0 Å². The number of methoxy groups -OCH3 is 1. The van der Waals surface area contributed by atoms with Crippen molar-refractivity contribution >= 4 is 52.3 Å². The van der Waals surface area contributed by atoms with Gasteiger partial charge in [-0.2, -0.15) is 5.01 Å². The lowest BCUT2D eigenvalue weighted by Crippen LogP contribution is -2.53. The molecular weight excluding hydrogens is 681 g/mol. The van der Waals surface area contributed by atoms with Crippen LogP contribution in [0.2, 0.25) is 5.02 Å². The minimum atomic E-state index is -1.64. The molecule has 0 radical (unpaired) electrons. The number of aromatic hydroxyl groups is 1. The van der Waals surface area contributed by atoms with Crippen LogP contribution in [-0.4, -0.2) is 45.8 Å². The maximum absolute atomic E-state index is 15.2. The first-order valence-corrected chi connectivity index (χ1v) is 17.5. The number of benzene rings is 3. The van der Waals surface area contributed by atoms with Crippen molar-refractivity contribution in [3.8, 4) is 11.5 Å². The molecule has 3 aromatic carbocycles. The molecule has 2 saturated heterocycles. The molecule has 4 aliphatic rings. The van der Waals surface area contributed by atoms with Gasteiger partial charge in [0.1, 0.15) is 17.3 Å². The highest BCUT2D eigenvalue weighted by Crippen LogP contribution is 2.66. The normalized spacial score (nSPS) is 27.2. The zero-order chi connectivity index (χ0) is 34.9. The number of rotatable bonds is 7. The van der Waals surface area contributed by atoms with Crippen LogP contribution in [0.4, 0.5) is 10.1 Å². The molecule has 4 aromatic rings. The minimum absolute atomic E-state index is 0.0834. The molecule has 50 heavy (non-hydrogen) atoms. The van der Waals surface area contributed by atoms with Crippen molar-refractivity contribution in [2.24, 2.45) is 23.7 Å².